The van der Waals surface area contributed by atoms with Gasteiger partial charge in [-0.15, -0.1) is 0 Å². The van der Waals surface area contributed by atoms with Gasteiger partial charge in [-0.05, 0) is 46.5 Å². The molecule has 41 heavy (non-hydrogen) atoms. The van der Waals surface area contributed by atoms with E-state index in [-0.39, 0.29) is 0 Å². The topological polar surface area (TPSA) is 53.6 Å². The summed E-state index contributed by atoms with van der Waals surface area (Å²) in [5, 5.41) is 15.2. The van der Waals surface area contributed by atoms with Gasteiger partial charge in [-0.3, -0.25) is 4.90 Å². The van der Waals surface area contributed by atoms with E-state index in [1.807, 2.05) is 12.1 Å². The summed E-state index contributed by atoms with van der Waals surface area (Å²) in [6.45, 7) is 1.41. The Morgan fingerprint density at radius 1 is 0.634 bits per heavy atom. The Balaban J connectivity index is 1.48. The molecule has 0 spiro atoms. The first-order chi connectivity index (χ1) is 20.3. The molecule has 0 atom stereocenters. The SMILES string of the molecule is C1=Cc2c(oc3cccc(N(C4=c5c(oc6ccccc56)=CCN4)c4cc5ccccc5c5ccccc45)c23)NC1. The van der Waals surface area contributed by atoms with Gasteiger partial charge in [0.15, 0.2) is 0 Å². The number of nitrogens with zero attached hydrogens (tertiary/aromatic N) is 1. The maximum absolute atomic E-state index is 6.38. The van der Waals surface area contributed by atoms with Crippen molar-refractivity contribution in [3.05, 3.63) is 119 Å². The Morgan fingerprint density at radius 3 is 2.34 bits per heavy atom. The van der Waals surface area contributed by atoms with E-state index in [0.29, 0.717) is 6.54 Å². The van der Waals surface area contributed by atoms with Crippen molar-refractivity contribution in [2.45, 2.75) is 0 Å². The molecule has 2 aromatic heterocycles. The van der Waals surface area contributed by atoms with Crippen LogP contribution in [-0.4, -0.2) is 13.1 Å². The zero-order valence-electron chi connectivity index (χ0n) is 22.1. The number of para-hydroxylation sites is 1. The van der Waals surface area contributed by atoms with Crippen LogP contribution in [0.15, 0.2) is 112 Å². The summed E-state index contributed by atoms with van der Waals surface area (Å²) >= 11 is 0. The lowest BCUT2D eigenvalue weighted by Crippen LogP contribution is -2.42. The minimum atomic E-state index is 0.658. The van der Waals surface area contributed by atoms with E-state index in [1.54, 1.807) is 0 Å². The standard InChI is InChI=1S/C36H25N3O2/c1-2-10-23-22(9-1)21-29(25-12-4-3-11-24(23)25)39(28-15-7-17-31-33(28)27-14-8-19-38-36(27)41-31)35-34-26-13-5-6-16-30(26)40-32(34)18-20-37-35/h1-18,21,37-38H,19-20H2. The van der Waals surface area contributed by atoms with Crippen molar-refractivity contribution in [3.8, 4) is 0 Å². The molecule has 5 aromatic carbocycles. The summed E-state index contributed by atoms with van der Waals surface area (Å²) in [5.41, 5.74) is 5.82. The van der Waals surface area contributed by atoms with E-state index in [4.69, 9.17) is 8.83 Å². The maximum Gasteiger partial charge on any atom is 0.201 e. The van der Waals surface area contributed by atoms with Crippen LogP contribution in [0.5, 0.6) is 0 Å². The van der Waals surface area contributed by atoms with Crippen LogP contribution in [0.2, 0.25) is 0 Å². The lowest BCUT2D eigenvalue weighted by molar-refractivity contribution is 0.570. The second-order valence-corrected chi connectivity index (χ2v) is 10.5. The average Bonchev–Trinajstić information content (AvgIpc) is 3.60. The summed E-state index contributed by atoms with van der Waals surface area (Å²) in [7, 11) is 0. The zero-order chi connectivity index (χ0) is 26.9. The molecule has 9 rings (SSSR count). The Hall–Kier alpha value is -5.42. The highest BCUT2D eigenvalue weighted by molar-refractivity contribution is 6.16. The normalized spacial score (nSPS) is 14.1. The van der Waals surface area contributed by atoms with Crippen molar-refractivity contribution >= 4 is 78.7 Å². The Bertz CT molecular complexity index is 2340. The van der Waals surface area contributed by atoms with Gasteiger partial charge in [0, 0.05) is 29.4 Å². The highest BCUT2D eigenvalue weighted by Gasteiger charge is 2.27. The van der Waals surface area contributed by atoms with E-state index < -0.39 is 0 Å². The number of fused-ring (bicyclic) bond motifs is 9. The second kappa shape index (κ2) is 8.54. The fourth-order valence-electron chi connectivity index (χ4n) is 6.52. The molecule has 0 saturated carbocycles. The number of hydrogen-bond donors (Lipinski definition) is 2. The van der Waals surface area contributed by atoms with Crippen molar-refractivity contribution in [3.63, 3.8) is 0 Å². The van der Waals surface area contributed by atoms with Crippen LogP contribution in [-0.2, 0) is 0 Å². The van der Waals surface area contributed by atoms with Crippen LogP contribution < -0.4 is 26.2 Å². The fourth-order valence-corrected chi connectivity index (χ4v) is 6.52. The molecule has 2 aliphatic heterocycles. The quantitative estimate of drug-likeness (QED) is 0.236. The molecular weight excluding hydrogens is 506 g/mol. The molecule has 5 heteroatoms. The average molecular weight is 532 g/mol. The number of furan rings is 2. The van der Waals surface area contributed by atoms with E-state index in [0.717, 1.165) is 67.8 Å². The Morgan fingerprint density at radius 2 is 1.41 bits per heavy atom. The summed E-state index contributed by atoms with van der Waals surface area (Å²) in [5.74, 6) is 1.80. The van der Waals surface area contributed by atoms with Gasteiger partial charge in [0.1, 0.15) is 22.4 Å². The molecule has 4 heterocycles. The summed E-state index contributed by atoms with van der Waals surface area (Å²) in [4.78, 5) is 2.38. The molecule has 0 aliphatic carbocycles. The van der Waals surface area contributed by atoms with E-state index in [1.165, 1.54) is 21.5 Å². The minimum absolute atomic E-state index is 0.658. The van der Waals surface area contributed by atoms with Crippen molar-refractivity contribution in [2.24, 2.45) is 0 Å². The molecule has 0 amide bonds. The van der Waals surface area contributed by atoms with Gasteiger partial charge in [0.2, 0.25) is 5.88 Å². The van der Waals surface area contributed by atoms with Crippen molar-refractivity contribution in [1.82, 2.24) is 5.32 Å². The van der Waals surface area contributed by atoms with Crippen molar-refractivity contribution in [2.75, 3.05) is 23.3 Å². The fraction of sp³-hybridized carbons (Fsp3) is 0.0556. The van der Waals surface area contributed by atoms with Crippen molar-refractivity contribution in [1.29, 1.82) is 0 Å². The number of hydrogen-bond acceptors (Lipinski definition) is 5. The molecule has 196 valence electrons. The maximum atomic E-state index is 6.38. The van der Waals surface area contributed by atoms with Crippen molar-refractivity contribution < 1.29 is 8.83 Å². The summed E-state index contributed by atoms with van der Waals surface area (Å²) in [6.07, 6.45) is 6.44. The Kier molecular flexibility index (Phi) is 4.66. The third kappa shape index (κ3) is 3.23. The summed E-state index contributed by atoms with van der Waals surface area (Å²) < 4.78 is 12.7. The Labute approximate surface area is 235 Å². The first kappa shape index (κ1) is 22.4. The van der Waals surface area contributed by atoms with Crippen LogP contribution in [0.4, 0.5) is 17.3 Å². The third-order valence-electron chi connectivity index (χ3n) is 8.26. The first-order valence-electron chi connectivity index (χ1n) is 14.0. The van der Waals surface area contributed by atoms with Gasteiger partial charge in [0.05, 0.1) is 22.0 Å². The van der Waals surface area contributed by atoms with Crippen LogP contribution in [0.3, 0.4) is 0 Å². The first-order valence-corrected chi connectivity index (χ1v) is 14.0. The molecule has 0 bridgehead atoms. The largest absolute Gasteiger partial charge is 0.456 e. The molecule has 5 nitrogen and oxygen atoms in total. The molecule has 2 aliphatic rings. The van der Waals surface area contributed by atoms with Gasteiger partial charge in [-0.25, -0.2) is 0 Å². The zero-order valence-corrected chi connectivity index (χ0v) is 22.1. The predicted molar refractivity (Wildman–Crippen MR) is 169 cm³/mol. The number of benzene rings is 5. The van der Waals surface area contributed by atoms with Crippen LogP contribution in [0.25, 0.3) is 61.5 Å². The van der Waals surface area contributed by atoms with Gasteiger partial charge in [-0.1, -0.05) is 84.9 Å². The molecule has 2 N–H and O–H groups in total. The monoisotopic (exact) mass is 531 g/mol. The van der Waals surface area contributed by atoms with E-state index in [9.17, 15) is 0 Å². The molecule has 0 fully saturated rings. The number of anilines is 3. The van der Waals surface area contributed by atoms with E-state index in [2.05, 4.69) is 119 Å². The minimum Gasteiger partial charge on any atom is -0.456 e. The second-order valence-electron chi connectivity index (χ2n) is 10.5. The summed E-state index contributed by atoms with van der Waals surface area (Å²) in [6, 6.07) is 34.2. The molecule has 0 unspecified atom stereocenters. The van der Waals surface area contributed by atoms with E-state index >= 15 is 0 Å². The highest BCUT2D eigenvalue weighted by atomic mass is 16.4. The number of nitrogens with one attached hydrogen (secondary N) is 2. The van der Waals surface area contributed by atoms with Crippen LogP contribution in [0, 0.1) is 0 Å². The molecule has 0 radical (unpaired) electrons. The van der Waals surface area contributed by atoms with Gasteiger partial charge >= 0.3 is 0 Å². The van der Waals surface area contributed by atoms with Gasteiger partial charge in [-0.2, -0.15) is 0 Å². The predicted octanol–water partition coefficient (Wildman–Crippen LogP) is 7.21. The van der Waals surface area contributed by atoms with Gasteiger partial charge in [0.25, 0.3) is 0 Å². The smallest absolute Gasteiger partial charge is 0.201 e. The lowest BCUT2D eigenvalue weighted by atomic mass is 9.98. The third-order valence-corrected chi connectivity index (χ3v) is 8.26. The van der Waals surface area contributed by atoms with Crippen LogP contribution in [0.1, 0.15) is 5.56 Å². The molecule has 7 aromatic rings. The van der Waals surface area contributed by atoms with Crippen LogP contribution >= 0.6 is 0 Å². The number of rotatable bonds is 3. The lowest BCUT2D eigenvalue weighted by Gasteiger charge is -2.31. The molecular formula is C36H25N3O2. The van der Waals surface area contributed by atoms with Gasteiger partial charge < -0.3 is 19.5 Å². The highest BCUT2D eigenvalue weighted by Crippen LogP contribution is 2.45. The molecule has 0 saturated heterocycles.